The van der Waals surface area contributed by atoms with Gasteiger partial charge >= 0.3 is 5.97 Å². The first kappa shape index (κ1) is 18.2. The van der Waals surface area contributed by atoms with Crippen molar-refractivity contribution in [3.05, 3.63) is 11.6 Å². The van der Waals surface area contributed by atoms with Crippen molar-refractivity contribution in [3.63, 3.8) is 0 Å². The van der Waals surface area contributed by atoms with Crippen LogP contribution in [0.25, 0.3) is 0 Å². The Morgan fingerprint density at radius 1 is 1.35 bits per heavy atom. The number of ether oxygens (including phenoxy) is 1. The molecule has 0 saturated heterocycles. The third kappa shape index (κ3) is 2.37. The number of rotatable bonds is 3. The summed E-state index contributed by atoms with van der Waals surface area (Å²) in [6, 6.07) is 0. The number of allylic oxidation sites excluding steroid dienone is 2. The highest BCUT2D eigenvalue weighted by atomic mass is 16.5. The lowest BCUT2D eigenvalue weighted by Crippen LogP contribution is -2.61. The number of carbonyl (C=O) groups is 2. The molecule has 4 heteroatoms. The van der Waals surface area contributed by atoms with Crippen LogP contribution in [0.3, 0.4) is 0 Å². The van der Waals surface area contributed by atoms with Crippen LogP contribution in [0.4, 0.5) is 0 Å². The first-order valence-electron chi connectivity index (χ1n) is 10.2. The van der Waals surface area contributed by atoms with E-state index < -0.39 is 0 Å². The van der Waals surface area contributed by atoms with Gasteiger partial charge in [-0.2, -0.15) is 0 Å². The number of fused-ring (bicyclic) bond motifs is 3. The second-order valence-corrected chi connectivity index (χ2v) is 10.0. The Labute approximate surface area is 156 Å². The molecule has 4 aliphatic carbocycles. The molecule has 0 aliphatic heterocycles. The number of aldehydes is 1. The van der Waals surface area contributed by atoms with Gasteiger partial charge in [-0.15, -0.1) is 0 Å². The molecule has 1 N–H and O–H groups in total. The van der Waals surface area contributed by atoms with Crippen LogP contribution in [-0.2, 0) is 14.3 Å². The molecule has 4 aliphatic rings. The fraction of sp³-hybridized carbons (Fsp3) is 0.818. The zero-order valence-electron chi connectivity index (χ0n) is 16.3. The summed E-state index contributed by atoms with van der Waals surface area (Å²) in [4.78, 5) is 23.5. The Morgan fingerprint density at radius 2 is 2.12 bits per heavy atom. The van der Waals surface area contributed by atoms with Crippen LogP contribution in [-0.4, -0.2) is 30.1 Å². The van der Waals surface area contributed by atoms with E-state index in [9.17, 15) is 14.7 Å². The number of carbonyl (C=O) groups excluding carboxylic acids is 2. The monoisotopic (exact) mass is 360 g/mol. The van der Waals surface area contributed by atoms with Gasteiger partial charge in [0.1, 0.15) is 12.4 Å². The zero-order chi connectivity index (χ0) is 18.7. The second-order valence-electron chi connectivity index (χ2n) is 10.0. The Morgan fingerprint density at radius 3 is 2.77 bits per heavy atom. The second kappa shape index (κ2) is 5.92. The SMILES string of the molecule is CC(=O)O[C@@H]1C[C@@H]2C[C@@]3(C=C2C=O)CC[C@H]2[C@](C)(CO)CCC[C@]2(C)[C@@H]13. The van der Waals surface area contributed by atoms with Crippen LogP contribution in [0.15, 0.2) is 11.6 Å². The van der Waals surface area contributed by atoms with Gasteiger partial charge in [0, 0.05) is 19.4 Å². The summed E-state index contributed by atoms with van der Waals surface area (Å²) in [6.07, 6.45) is 10.4. The Kier molecular flexibility index (Phi) is 4.15. The molecule has 0 aromatic rings. The quantitative estimate of drug-likeness (QED) is 0.616. The highest BCUT2D eigenvalue weighted by Crippen LogP contribution is 2.70. The molecule has 0 radical (unpaired) electrons. The van der Waals surface area contributed by atoms with Crippen molar-refractivity contribution < 1.29 is 19.4 Å². The van der Waals surface area contributed by atoms with Gasteiger partial charge < -0.3 is 9.84 Å². The summed E-state index contributed by atoms with van der Waals surface area (Å²) >= 11 is 0. The van der Waals surface area contributed by atoms with Gasteiger partial charge in [-0.25, -0.2) is 0 Å². The smallest absolute Gasteiger partial charge is 0.302 e. The zero-order valence-corrected chi connectivity index (χ0v) is 16.3. The average Bonchev–Trinajstić information content (AvgIpc) is 2.85. The highest BCUT2D eigenvalue weighted by molar-refractivity contribution is 5.76. The van der Waals surface area contributed by atoms with Crippen molar-refractivity contribution in [1.82, 2.24) is 0 Å². The van der Waals surface area contributed by atoms with Crippen LogP contribution >= 0.6 is 0 Å². The van der Waals surface area contributed by atoms with Crippen molar-refractivity contribution in [1.29, 1.82) is 0 Å². The number of esters is 1. The van der Waals surface area contributed by atoms with Crippen molar-refractivity contribution in [2.45, 2.75) is 71.8 Å². The van der Waals surface area contributed by atoms with E-state index in [1.165, 1.54) is 6.92 Å². The molecular weight excluding hydrogens is 328 g/mol. The van der Waals surface area contributed by atoms with Crippen LogP contribution in [0, 0.1) is 34.0 Å². The predicted octanol–water partition coefficient (Wildman–Crippen LogP) is 3.67. The Hall–Kier alpha value is -1.16. The summed E-state index contributed by atoms with van der Waals surface area (Å²) in [5.74, 6) is 0.705. The van der Waals surface area contributed by atoms with E-state index in [4.69, 9.17) is 4.74 Å². The molecule has 0 heterocycles. The average molecular weight is 360 g/mol. The molecule has 7 atom stereocenters. The van der Waals surface area contributed by atoms with Crippen LogP contribution in [0.2, 0.25) is 0 Å². The minimum atomic E-state index is -0.217. The molecular formula is C22H32O4. The van der Waals surface area contributed by atoms with Crippen molar-refractivity contribution in [2.24, 2.45) is 34.0 Å². The number of aliphatic hydroxyl groups is 1. The van der Waals surface area contributed by atoms with Crippen LogP contribution in [0.5, 0.6) is 0 Å². The van der Waals surface area contributed by atoms with Crippen LogP contribution in [0.1, 0.15) is 65.7 Å². The predicted molar refractivity (Wildman–Crippen MR) is 98.2 cm³/mol. The lowest BCUT2D eigenvalue weighted by Gasteiger charge is -2.65. The molecule has 0 unspecified atom stereocenters. The first-order chi connectivity index (χ1) is 12.3. The maximum atomic E-state index is 11.9. The number of hydrogen-bond acceptors (Lipinski definition) is 4. The van der Waals surface area contributed by atoms with Gasteiger partial charge in [0.2, 0.25) is 0 Å². The van der Waals surface area contributed by atoms with Gasteiger partial charge in [-0.1, -0.05) is 26.3 Å². The van der Waals surface area contributed by atoms with Crippen molar-refractivity contribution in [3.8, 4) is 0 Å². The van der Waals surface area contributed by atoms with E-state index >= 15 is 0 Å². The highest BCUT2D eigenvalue weighted by Gasteiger charge is 2.66. The molecule has 0 amide bonds. The Balaban J connectivity index is 1.80. The molecule has 0 aromatic heterocycles. The largest absolute Gasteiger partial charge is 0.462 e. The number of aliphatic hydroxyl groups excluding tert-OH is 1. The maximum absolute atomic E-state index is 11.9. The molecule has 4 nitrogen and oxygen atoms in total. The molecule has 1 spiro atoms. The molecule has 2 bridgehead atoms. The normalized spacial score (nSPS) is 49.6. The topological polar surface area (TPSA) is 63.6 Å². The third-order valence-corrected chi connectivity index (χ3v) is 8.58. The molecule has 4 rings (SSSR count). The summed E-state index contributed by atoms with van der Waals surface area (Å²) in [5, 5.41) is 10.2. The van der Waals surface area contributed by atoms with Gasteiger partial charge in [0.25, 0.3) is 0 Å². The van der Waals surface area contributed by atoms with E-state index in [0.717, 1.165) is 56.8 Å². The summed E-state index contributed by atoms with van der Waals surface area (Å²) in [7, 11) is 0. The van der Waals surface area contributed by atoms with Gasteiger partial charge in [-0.05, 0) is 72.2 Å². The van der Waals surface area contributed by atoms with E-state index in [0.29, 0.717) is 5.92 Å². The lowest BCUT2D eigenvalue weighted by molar-refractivity contribution is -0.200. The van der Waals surface area contributed by atoms with E-state index in [1.807, 2.05) is 0 Å². The maximum Gasteiger partial charge on any atom is 0.302 e. The van der Waals surface area contributed by atoms with Gasteiger partial charge in [0.05, 0.1) is 0 Å². The lowest BCUT2D eigenvalue weighted by atomic mass is 9.40. The minimum absolute atomic E-state index is 0.0156. The molecule has 144 valence electrons. The fourth-order valence-electron chi connectivity index (χ4n) is 7.85. The van der Waals surface area contributed by atoms with Crippen molar-refractivity contribution in [2.75, 3.05) is 6.61 Å². The molecule has 26 heavy (non-hydrogen) atoms. The van der Waals surface area contributed by atoms with Gasteiger partial charge in [-0.3, -0.25) is 9.59 Å². The summed E-state index contributed by atoms with van der Waals surface area (Å²) < 4.78 is 5.89. The van der Waals surface area contributed by atoms with Gasteiger partial charge in [0.15, 0.2) is 0 Å². The molecule has 3 saturated carbocycles. The van der Waals surface area contributed by atoms with E-state index in [1.54, 1.807) is 0 Å². The molecule has 0 aromatic carbocycles. The van der Waals surface area contributed by atoms with Crippen molar-refractivity contribution >= 4 is 12.3 Å². The number of hydrogen-bond donors (Lipinski definition) is 1. The third-order valence-electron chi connectivity index (χ3n) is 8.58. The van der Waals surface area contributed by atoms with Crippen LogP contribution < -0.4 is 0 Å². The fourth-order valence-corrected chi connectivity index (χ4v) is 7.85. The van der Waals surface area contributed by atoms with E-state index in [2.05, 4.69) is 19.9 Å². The molecule has 3 fully saturated rings. The summed E-state index contributed by atoms with van der Waals surface area (Å²) in [5.41, 5.74) is 0.890. The first-order valence-corrected chi connectivity index (χ1v) is 10.2. The minimum Gasteiger partial charge on any atom is -0.462 e. The summed E-state index contributed by atoms with van der Waals surface area (Å²) in [6.45, 7) is 6.34. The standard InChI is InChI=1S/C22H32O4/c1-14(25)26-17-9-15-10-22(11-16(15)12-23)8-5-18-20(2,13-24)6-4-7-21(18,3)19(17)22/h11-12,15,17-19,24H,4-10,13H2,1-3H3/t15-,17-,18+,19-,20+,21+,22-/m1/s1. The Bertz CT molecular complexity index is 655. The van der Waals surface area contributed by atoms with E-state index in [-0.39, 0.29) is 46.8 Å².